The summed E-state index contributed by atoms with van der Waals surface area (Å²) in [5.74, 6) is -0.252. The second-order valence-corrected chi connectivity index (χ2v) is 8.19. The van der Waals surface area contributed by atoms with Gasteiger partial charge < -0.3 is 15.0 Å². The average molecular weight is 470 g/mol. The molecule has 32 heavy (non-hydrogen) atoms. The summed E-state index contributed by atoms with van der Waals surface area (Å²) < 4.78 is 5.30. The van der Waals surface area contributed by atoms with Crippen LogP contribution < -0.4 is 5.32 Å². The van der Waals surface area contributed by atoms with Crippen LogP contribution in [0.1, 0.15) is 26.3 Å². The number of rotatable bonds is 5. The summed E-state index contributed by atoms with van der Waals surface area (Å²) >= 11 is 12.0. The van der Waals surface area contributed by atoms with E-state index in [1.54, 1.807) is 41.4 Å². The molecular weight excluding hydrogens is 449 g/mol. The van der Waals surface area contributed by atoms with Gasteiger partial charge in [0.25, 0.3) is 11.8 Å². The molecule has 2 amide bonds. The van der Waals surface area contributed by atoms with Crippen LogP contribution in [0.5, 0.6) is 0 Å². The van der Waals surface area contributed by atoms with Gasteiger partial charge in [-0.1, -0.05) is 41.4 Å². The fourth-order valence-corrected chi connectivity index (χ4v) is 3.73. The van der Waals surface area contributed by atoms with E-state index in [4.69, 9.17) is 27.9 Å². The molecule has 4 rings (SSSR count). The SMILES string of the molecule is O=C(NCc1ccc(Cl)c(Cl)c1)c1cncc(-c2ccc(C(=O)N3CCOCC3)cc2)c1. The van der Waals surface area contributed by atoms with Crippen molar-refractivity contribution in [3.8, 4) is 11.1 Å². The number of nitrogens with zero attached hydrogens (tertiary/aromatic N) is 2. The molecule has 0 unspecified atom stereocenters. The zero-order valence-corrected chi connectivity index (χ0v) is 18.7. The first kappa shape index (κ1) is 22.3. The number of carbonyl (C=O) groups is 2. The smallest absolute Gasteiger partial charge is 0.254 e. The summed E-state index contributed by atoms with van der Waals surface area (Å²) in [7, 11) is 0. The standard InChI is InChI=1S/C24H21Cl2N3O3/c25-21-6-1-16(11-22(21)26)13-28-23(30)20-12-19(14-27-15-20)17-2-4-18(5-3-17)24(31)29-7-9-32-10-8-29/h1-6,11-12,14-15H,7-10,13H2,(H,28,30). The van der Waals surface area contributed by atoms with Crippen LogP contribution in [0.15, 0.2) is 60.9 Å². The van der Waals surface area contributed by atoms with Crippen LogP contribution in [0.2, 0.25) is 10.0 Å². The van der Waals surface area contributed by atoms with Gasteiger partial charge >= 0.3 is 0 Å². The van der Waals surface area contributed by atoms with E-state index in [2.05, 4.69) is 10.3 Å². The number of pyridine rings is 1. The largest absolute Gasteiger partial charge is 0.378 e. The molecule has 0 atom stereocenters. The van der Waals surface area contributed by atoms with Gasteiger partial charge in [0.15, 0.2) is 0 Å². The molecule has 0 spiro atoms. The summed E-state index contributed by atoms with van der Waals surface area (Å²) in [4.78, 5) is 31.2. The molecule has 1 aliphatic heterocycles. The Morgan fingerprint density at radius 3 is 2.38 bits per heavy atom. The molecule has 1 aliphatic rings. The minimum atomic E-state index is -0.246. The van der Waals surface area contributed by atoms with Gasteiger partial charge in [-0.3, -0.25) is 14.6 Å². The lowest BCUT2D eigenvalue weighted by molar-refractivity contribution is 0.0303. The second-order valence-electron chi connectivity index (χ2n) is 7.38. The Labute approximate surface area is 196 Å². The zero-order chi connectivity index (χ0) is 22.5. The molecule has 164 valence electrons. The van der Waals surface area contributed by atoms with Crippen LogP contribution >= 0.6 is 23.2 Å². The van der Waals surface area contributed by atoms with E-state index in [9.17, 15) is 9.59 Å². The van der Waals surface area contributed by atoms with Crippen LogP contribution in [0.4, 0.5) is 0 Å². The number of halogens is 2. The van der Waals surface area contributed by atoms with E-state index in [0.717, 1.165) is 16.7 Å². The lowest BCUT2D eigenvalue weighted by Crippen LogP contribution is -2.40. The summed E-state index contributed by atoms with van der Waals surface area (Å²) in [6.45, 7) is 2.65. The van der Waals surface area contributed by atoms with Gasteiger partial charge in [0.05, 0.1) is 28.8 Å². The van der Waals surface area contributed by atoms with Crippen molar-refractivity contribution >= 4 is 35.0 Å². The maximum atomic E-state index is 12.6. The Morgan fingerprint density at radius 2 is 1.66 bits per heavy atom. The van der Waals surface area contributed by atoms with Crippen molar-refractivity contribution in [1.82, 2.24) is 15.2 Å². The first-order chi connectivity index (χ1) is 15.5. The van der Waals surface area contributed by atoms with E-state index in [1.807, 2.05) is 18.2 Å². The molecular formula is C24H21Cl2N3O3. The number of nitrogens with one attached hydrogen (secondary N) is 1. The highest BCUT2D eigenvalue weighted by molar-refractivity contribution is 6.42. The van der Waals surface area contributed by atoms with Gasteiger partial charge in [-0.15, -0.1) is 0 Å². The molecule has 1 saturated heterocycles. The van der Waals surface area contributed by atoms with Crippen molar-refractivity contribution in [1.29, 1.82) is 0 Å². The van der Waals surface area contributed by atoms with E-state index < -0.39 is 0 Å². The maximum absolute atomic E-state index is 12.6. The summed E-state index contributed by atoms with van der Waals surface area (Å²) in [6.07, 6.45) is 3.21. The Morgan fingerprint density at radius 1 is 0.906 bits per heavy atom. The number of morpholine rings is 1. The van der Waals surface area contributed by atoms with Gasteiger partial charge in [-0.25, -0.2) is 0 Å². The third-order valence-electron chi connectivity index (χ3n) is 5.20. The third-order valence-corrected chi connectivity index (χ3v) is 5.94. The van der Waals surface area contributed by atoms with Crippen molar-refractivity contribution in [2.75, 3.05) is 26.3 Å². The topological polar surface area (TPSA) is 71.5 Å². The summed E-state index contributed by atoms with van der Waals surface area (Å²) in [6, 6.07) is 14.3. The van der Waals surface area contributed by atoms with Crippen LogP contribution in [0.25, 0.3) is 11.1 Å². The first-order valence-corrected chi connectivity index (χ1v) is 10.9. The highest BCUT2D eigenvalue weighted by atomic mass is 35.5. The van der Waals surface area contributed by atoms with Crippen LogP contribution in [0, 0.1) is 0 Å². The van der Waals surface area contributed by atoms with Gasteiger partial charge in [-0.05, 0) is 41.5 Å². The molecule has 8 heteroatoms. The maximum Gasteiger partial charge on any atom is 0.254 e. The van der Waals surface area contributed by atoms with Crippen molar-refractivity contribution in [3.05, 3.63) is 87.7 Å². The van der Waals surface area contributed by atoms with E-state index in [1.165, 1.54) is 6.20 Å². The fourth-order valence-electron chi connectivity index (χ4n) is 3.41. The van der Waals surface area contributed by atoms with Crippen molar-refractivity contribution in [3.63, 3.8) is 0 Å². The first-order valence-electron chi connectivity index (χ1n) is 10.2. The molecule has 1 fully saturated rings. The third kappa shape index (κ3) is 5.27. The highest BCUT2D eigenvalue weighted by Crippen LogP contribution is 2.23. The van der Waals surface area contributed by atoms with Gasteiger partial charge in [0, 0.05) is 43.2 Å². The highest BCUT2D eigenvalue weighted by Gasteiger charge is 2.18. The molecule has 1 aromatic heterocycles. The van der Waals surface area contributed by atoms with Gasteiger partial charge in [0.1, 0.15) is 0 Å². The molecule has 6 nitrogen and oxygen atoms in total. The van der Waals surface area contributed by atoms with Gasteiger partial charge in [-0.2, -0.15) is 0 Å². The molecule has 0 bridgehead atoms. The monoisotopic (exact) mass is 469 g/mol. The van der Waals surface area contributed by atoms with Crippen molar-refractivity contribution in [2.24, 2.45) is 0 Å². The van der Waals surface area contributed by atoms with E-state index >= 15 is 0 Å². The summed E-state index contributed by atoms with van der Waals surface area (Å²) in [5.41, 5.74) is 3.57. The lowest BCUT2D eigenvalue weighted by atomic mass is 10.0. The normalized spacial score (nSPS) is 13.6. The van der Waals surface area contributed by atoms with Crippen molar-refractivity contribution in [2.45, 2.75) is 6.54 Å². The Kier molecular flexibility index (Phi) is 7.05. The minimum absolute atomic E-state index is 0.00611. The van der Waals surface area contributed by atoms with Crippen LogP contribution in [-0.2, 0) is 11.3 Å². The number of hydrogen-bond donors (Lipinski definition) is 1. The predicted molar refractivity (Wildman–Crippen MR) is 124 cm³/mol. The Bertz CT molecular complexity index is 1130. The number of amides is 2. The number of benzene rings is 2. The molecule has 0 saturated carbocycles. The zero-order valence-electron chi connectivity index (χ0n) is 17.2. The number of carbonyl (C=O) groups excluding carboxylic acids is 2. The fraction of sp³-hybridized carbons (Fsp3) is 0.208. The molecule has 3 aromatic rings. The molecule has 1 N–H and O–H groups in total. The predicted octanol–water partition coefficient (Wildman–Crippen LogP) is 4.46. The number of hydrogen-bond acceptors (Lipinski definition) is 4. The average Bonchev–Trinajstić information content (AvgIpc) is 2.85. The molecule has 2 heterocycles. The van der Waals surface area contributed by atoms with E-state index in [-0.39, 0.29) is 11.8 Å². The van der Waals surface area contributed by atoms with Crippen LogP contribution in [-0.4, -0.2) is 48.0 Å². The lowest BCUT2D eigenvalue weighted by Gasteiger charge is -2.26. The number of aromatic nitrogens is 1. The van der Waals surface area contributed by atoms with Crippen LogP contribution in [0.3, 0.4) is 0 Å². The van der Waals surface area contributed by atoms with Gasteiger partial charge in [0.2, 0.25) is 0 Å². The minimum Gasteiger partial charge on any atom is -0.378 e. The molecule has 0 radical (unpaired) electrons. The Balaban J connectivity index is 1.43. The molecule has 2 aromatic carbocycles. The number of ether oxygens (including phenoxy) is 1. The van der Waals surface area contributed by atoms with E-state index in [0.29, 0.717) is 54.0 Å². The second kappa shape index (κ2) is 10.1. The Hall–Kier alpha value is -2.93. The molecule has 0 aliphatic carbocycles. The quantitative estimate of drug-likeness (QED) is 0.598. The van der Waals surface area contributed by atoms with Crippen molar-refractivity contribution < 1.29 is 14.3 Å². The summed E-state index contributed by atoms with van der Waals surface area (Å²) in [5, 5.41) is 3.77.